The van der Waals surface area contributed by atoms with E-state index in [0.717, 1.165) is 31.8 Å². The Morgan fingerprint density at radius 1 is 1.47 bits per heavy atom. The number of nitrogens with zero attached hydrogens (tertiary/aromatic N) is 1. The van der Waals surface area contributed by atoms with Gasteiger partial charge in [-0.3, -0.25) is 4.98 Å². The standard InChI is InChI=1S/C13H20N2O2/c1-14-13(10-4-7-17-8-5-10)11-3-6-15-9-12(11)16-2/h3,6,9-10,13-14H,4-5,7-8H2,1-2H3. The molecule has 1 saturated heterocycles. The second kappa shape index (κ2) is 5.98. The zero-order chi connectivity index (χ0) is 12.1. The summed E-state index contributed by atoms with van der Waals surface area (Å²) in [5.41, 5.74) is 1.19. The van der Waals surface area contributed by atoms with Gasteiger partial charge in [-0.2, -0.15) is 0 Å². The Hall–Kier alpha value is -1.13. The number of hydrogen-bond donors (Lipinski definition) is 1. The van der Waals surface area contributed by atoms with Gasteiger partial charge in [0, 0.05) is 31.0 Å². The van der Waals surface area contributed by atoms with E-state index in [1.807, 2.05) is 19.3 Å². The summed E-state index contributed by atoms with van der Waals surface area (Å²) in [4.78, 5) is 4.10. The lowest BCUT2D eigenvalue weighted by molar-refractivity contribution is 0.0543. The van der Waals surface area contributed by atoms with E-state index in [4.69, 9.17) is 9.47 Å². The number of methoxy groups -OCH3 is 1. The molecule has 4 nitrogen and oxygen atoms in total. The monoisotopic (exact) mass is 236 g/mol. The first-order valence-electron chi connectivity index (χ1n) is 6.09. The maximum atomic E-state index is 5.42. The molecule has 0 bridgehead atoms. The van der Waals surface area contributed by atoms with Gasteiger partial charge in [0.25, 0.3) is 0 Å². The molecule has 1 aromatic rings. The lowest BCUT2D eigenvalue weighted by Gasteiger charge is -2.31. The van der Waals surface area contributed by atoms with Gasteiger partial charge in [-0.15, -0.1) is 0 Å². The van der Waals surface area contributed by atoms with Gasteiger partial charge in [0.15, 0.2) is 0 Å². The van der Waals surface area contributed by atoms with Crippen molar-refractivity contribution in [2.45, 2.75) is 18.9 Å². The number of nitrogens with one attached hydrogen (secondary N) is 1. The molecule has 1 N–H and O–H groups in total. The summed E-state index contributed by atoms with van der Waals surface area (Å²) in [6.45, 7) is 1.71. The van der Waals surface area contributed by atoms with Gasteiger partial charge in [-0.05, 0) is 31.9 Å². The molecule has 94 valence electrons. The van der Waals surface area contributed by atoms with Crippen LogP contribution in [0.3, 0.4) is 0 Å². The van der Waals surface area contributed by atoms with Crippen molar-refractivity contribution in [3.05, 3.63) is 24.0 Å². The molecule has 2 rings (SSSR count). The summed E-state index contributed by atoms with van der Waals surface area (Å²) >= 11 is 0. The molecule has 4 heteroatoms. The van der Waals surface area contributed by atoms with Crippen LogP contribution in [-0.4, -0.2) is 32.4 Å². The second-order valence-corrected chi connectivity index (χ2v) is 4.33. The van der Waals surface area contributed by atoms with E-state index in [2.05, 4.69) is 10.3 Å². The van der Waals surface area contributed by atoms with Crippen LogP contribution in [0.4, 0.5) is 0 Å². The topological polar surface area (TPSA) is 43.4 Å². The van der Waals surface area contributed by atoms with Crippen LogP contribution in [-0.2, 0) is 4.74 Å². The van der Waals surface area contributed by atoms with E-state index in [1.54, 1.807) is 13.3 Å². The Morgan fingerprint density at radius 2 is 2.24 bits per heavy atom. The van der Waals surface area contributed by atoms with Gasteiger partial charge in [0.1, 0.15) is 5.75 Å². The Bertz CT molecular complexity index is 351. The highest BCUT2D eigenvalue weighted by molar-refractivity contribution is 5.33. The molecular weight excluding hydrogens is 216 g/mol. The van der Waals surface area contributed by atoms with Crippen molar-refractivity contribution < 1.29 is 9.47 Å². The molecule has 0 aromatic carbocycles. The van der Waals surface area contributed by atoms with Gasteiger partial charge >= 0.3 is 0 Å². The van der Waals surface area contributed by atoms with Crippen molar-refractivity contribution in [2.24, 2.45) is 5.92 Å². The summed E-state index contributed by atoms with van der Waals surface area (Å²) in [5.74, 6) is 1.46. The van der Waals surface area contributed by atoms with Crippen molar-refractivity contribution in [2.75, 3.05) is 27.4 Å². The molecular formula is C13H20N2O2. The normalized spacial score (nSPS) is 18.9. The van der Waals surface area contributed by atoms with Gasteiger partial charge in [-0.1, -0.05) is 0 Å². The van der Waals surface area contributed by atoms with Gasteiger partial charge < -0.3 is 14.8 Å². The van der Waals surface area contributed by atoms with Crippen LogP contribution < -0.4 is 10.1 Å². The summed E-state index contributed by atoms with van der Waals surface area (Å²) in [7, 11) is 3.69. The summed E-state index contributed by atoms with van der Waals surface area (Å²) < 4.78 is 10.8. The van der Waals surface area contributed by atoms with E-state index in [-0.39, 0.29) is 0 Å². The van der Waals surface area contributed by atoms with Crippen molar-refractivity contribution in [1.82, 2.24) is 10.3 Å². The zero-order valence-electron chi connectivity index (χ0n) is 10.5. The molecule has 0 saturated carbocycles. The predicted octanol–water partition coefficient (Wildman–Crippen LogP) is 1.78. The third kappa shape index (κ3) is 2.76. The van der Waals surface area contributed by atoms with E-state index >= 15 is 0 Å². The molecule has 1 aliphatic heterocycles. The highest BCUT2D eigenvalue weighted by atomic mass is 16.5. The largest absolute Gasteiger partial charge is 0.495 e. The third-order valence-corrected chi connectivity index (χ3v) is 3.42. The highest BCUT2D eigenvalue weighted by Gasteiger charge is 2.26. The number of pyridine rings is 1. The summed E-state index contributed by atoms with van der Waals surface area (Å²) in [6.07, 6.45) is 5.79. The molecule has 17 heavy (non-hydrogen) atoms. The van der Waals surface area contributed by atoms with Crippen LogP contribution in [0, 0.1) is 5.92 Å². The Kier molecular flexibility index (Phi) is 4.34. The van der Waals surface area contributed by atoms with Crippen molar-refractivity contribution in [1.29, 1.82) is 0 Å². The minimum absolute atomic E-state index is 0.317. The number of rotatable bonds is 4. The van der Waals surface area contributed by atoms with Crippen LogP contribution in [0.2, 0.25) is 0 Å². The predicted molar refractivity (Wildman–Crippen MR) is 66.1 cm³/mol. The minimum atomic E-state index is 0.317. The molecule has 2 heterocycles. The fourth-order valence-corrected chi connectivity index (χ4v) is 2.51. The zero-order valence-corrected chi connectivity index (χ0v) is 10.5. The summed E-state index contributed by atoms with van der Waals surface area (Å²) in [5, 5.41) is 3.40. The minimum Gasteiger partial charge on any atom is -0.495 e. The number of ether oxygens (including phenoxy) is 2. The van der Waals surface area contributed by atoms with E-state index in [9.17, 15) is 0 Å². The first-order valence-corrected chi connectivity index (χ1v) is 6.09. The smallest absolute Gasteiger partial charge is 0.141 e. The number of hydrogen-bond acceptors (Lipinski definition) is 4. The first kappa shape index (κ1) is 12.3. The van der Waals surface area contributed by atoms with Gasteiger partial charge in [0.05, 0.1) is 13.3 Å². The van der Waals surface area contributed by atoms with Crippen molar-refractivity contribution in [3.63, 3.8) is 0 Å². The lowest BCUT2D eigenvalue weighted by atomic mass is 9.87. The van der Waals surface area contributed by atoms with Crippen LogP contribution >= 0.6 is 0 Å². The fraction of sp³-hybridized carbons (Fsp3) is 0.615. The molecule has 0 aliphatic carbocycles. The molecule has 0 radical (unpaired) electrons. The quantitative estimate of drug-likeness (QED) is 0.865. The second-order valence-electron chi connectivity index (χ2n) is 4.33. The Balaban J connectivity index is 2.21. The Labute approximate surface area is 102 Å². The lowest BCUT2D eigenvalue weighted by Crippen LogP contribution is -2.30. The number of aromatic nitrogens is 1. The molecule has 1 fully saturated rings. The fourth-order valence-electron chi connectivity index (χ4n) is 2.51. The summed E-state index contributed by atoms with van der Waals surface area (Å²) in [6, 6.07) is 2.35. The molecule has 1 aliphatic rings. The van der Waals surface area contributed by atoms with E-state index in [1.165, 1.54) is 5.56 Å². The average molecular weight is 236 g/mol. The van der Waals surface area contributed by atoms with E-state index < -0.39 is 0 Å². The average Bonchev–Trinajstić information content (AvgIpc) is 2.41. The van der Waals surface area contributed by atoms with Crippen LogP contribution in [0.5, 0.6) is 5.75 Å². The van der Waals surface area contributed by atoms with Crippen LogP contribution in [0.25, 0.3) is 0 Å². The van der Waals surface area contributed by atoms with E-state index in [0.29, 0.717) is 12.0 Å². The molecule has 1 aromatic heterocycles. The first-order chi connectivity index (χ1) is 8.36. The van der Waals surface area contributed by atoms with Gasteiger partial charge in [0.2, 0.25) is 0 Å². The maximum Gasteiger partial charge on any atom is 0.141 e. The molecule has 0 spiro atoms. The van der Waals surface area contributed by atoms with Crippen LogP contribution in [0.15, 0.2) is 18.5 Å². The molecule has 0 amide bonds. The van der Waals surface area contributed by atoms with Crippen LogP contribution in [0.1, 0.15) is 24.4 Å². The third-order valence-electron chi connectivity index (χ3n) is 3.42. The van der Waals surface area contributed by atoms with Crippen molar-refractivity contribution >= 4 is 0 Å². The molecule has 1 unspecified atom stereocenters. The maximum absolute atomic E-state index is 5.42. The van der Waals surface area contributed by atoms with Crippen molar-refractivity contribution in [3.8, 4) is 5.75 Å². The Morgan fingerprint density at radius 3 is 2.88 bits per heavy atom. The van der Waals surface area contributed by atoms with Gasteiger partial charge in [-0.25, -0.2) is 0 Å². The molecule has 1 atom stereocenters. The highest BCUT2D eigenvalue weighted by Crippen LogP contribution is 2.33. The SMILES string of the molecule is CNC(c1ccncc1OC)C1CCOCC1.